The summed E-state index contributed by atoms with van der Waals surface area (Å²) < 4.78 is 65.3. The van der Waals surface area contributed by atoms with Crippen molar-refractivity contribution >= 4 is 5.91 Å². The highest BCUT2D eigenvalue weighted by Gasteiger charge is 2.40. The molecule has 1 atom stereocenters. The molecule has 168 valence electrons. The van der Waals surface area contributed by atoms with E-state index in [1.54, 1.807) is 5.32 Å². The van der Waals surface area contributed by atoms with Crippen LogP contribution in [0.1, 0.15) is 22.3 Å². The monoisotopic (exact) mass is 454 g/mol. The Morgan fingerprint density at radius 2 is 1.84 bits per heavy atom. The number of nitrogens with zero attached hydrogens (tertiary/aromatic N) is 3. The van der Waals surface area contributed by atoms with Crippen LogP contribution < -0.4 is 10.9 Å². The Labute approximate surface area is 177 Å². The Balaban J connectivity index is 2.13. The molecule has 0 fully saturated rings. The van der Waals surface area contributed by atoms with E-state index in [4.69, 9.17) is 5.11 Å². The summed E-state index contributed by atoms with van der Waals surface area (Å²) in [5.41, 5.74) is -1.69. The van der Waals surface area contributed by atoms with Gasteiger partial charge in [0.1, 0.15) is 11.6 Å². The average molecular weight is 454 g/mol. The van der Waals surface area contributed by atoms with Crippen LogP contribution in [0.4, 0.5) is 22.0 Å². The number of hydrogen-bond acceptors (Lipinski definition) is 5. The van der Waals surface area contributed by atoms with E-state index in [-0.39, 0.29) is 22.5 Å². The lowest BCUT2D eigenvalue weighted by atomic mass is 10.1. The molecule has 0 spiro atoms. The van der Waals surface area contributed by atoms with Crippen molar-refractivity contribution < 1.29 is 31.9 Å². The number of aliphatic hydroxyl groups excluding tert-OH is 1. The van der Waals surface area contributed by atoms with Gasteiger partial charge in [-0.05, 0) is 18.2 Å². The minimum atomic E-state index is -4.95. The molecule has 2 N–H and O–H groups in total. The molecule has 7 nitrogen and oxygen atoms in total. The standard InChI is InChI=1S/C20H15F5N4O3/c21-17(22)12-5-3-11(4-6-12)15-8-14(18(31)27-16(10-30)20(23,24)25)19(32)29(28-15)13-2-1-7-26-9-13/h1-9,16-17,30H,10H2,(H,27,31)/t16-/m1/s1. The number of aliphatic hydroxyl groups is 1. The minimum absolute atomic E-state index is 0.0352. The molecule has 1 amide bonds. The van der Waals surface area contributed by atoms with Crippen LogP contribution >= 0.6 is 0 Å². The quantitative estimate of drug-likeness (QED) is 0.559. The normalized spacial score (nSPS) is 12.6. The highest BCUT2D eigenvalue weighted by atomic mass is 19.4. The van der Waals surface area contributed by atoms with Crippen molar-refractivity contribution in [1.29, 1.82) is 0 Å². The number of hydrogen-bond donors (Lipinski definition) is 2. The second-order valence-electron chi connectivity index (χ2n) is 6.54. The fourth-order valence-corrected chi connectivity index (χ4v) is 2.72. The third-order valence-electron chi connectivity index (χ3n) is 4.39. The lowest BCUT2D eigenvalue weighted by Crippen LogP contribution is -2.49. The van der Waals surface area contributed by atoms with Crippen LogP contribution in [0.3, 0.4) is 0 Å². The molecule has 0 saturated heterocycles. The second kappa shape index (κ2) is 9.22. The van der Waals surface area contributed by atoms with Gasteiger partial charge in [-0.15, -0.1) is 0 Å². The van der Waals surface area contributed by atoms with Gasteiger partial charge in [0, 0.05) is 17.3 Å². The second-order valence-corrected chi connectivity index (χ2v) is 6.54. The van der Waals surface area contributed by atoms with Crippen LogP contribution in [0, 0.1) is 0 Å². The zero-order valence-electron chi connectivity index (χ0n) is 16.1. The molecule has 0 saturated carbocycles. The summed E-state index contributed by atoms with van der Waals surface area (Å²) in [6, 6.07) is 6.04. The topological polar surface area (TPSA) is 97.1 Å². The number of aromatic nitrogens is 3. The van der Waals surface area contributed by atoms with Crippen molar-refractivity contribution in [3.05, 3.63) is 76.3 Å². The van der Waals surface area contributed by atoms with Gasteiger partial charge in [0.2, 0.25) is 0 Å². The van der Waals surface area contributed by atoms with Crippen LogP contribution in [-0.4, -0.2) is 44.6 Å². The molecule has 0 radical (unpaired) electrons. The highest BCUT2D eigenvalue weighted by Crippen LogP contribution is 2.24. The van der Waals surface area contributed by atoms with Gasteiger partial charge < -0.3 is 10.4 Å². The van der Waals surface area contributed by atoms with Crippen LogP contribution in [0.2, 0.25) is 0 Å². The first-order valence-corrected chi connectivity index (χ1v) is 9.03. The summed E-state index contributed by atoms with van der Waals surface area (Å²) in [7, 11) is 0. The fourth-order valence-electron chi connectivity index (χ4n) is 2.72. The lowest BCUT2D eigenvalue weighted by Gasteiger charge is -2.19. The van der Waals surface area contributed by atoms with E-state index in [2.05, 4.69) is 10.1 Å². The van der Waals surface area contributed by atoms with Gasteiger partial charge in [-0.3, -0.25) is 14.6 Å². The van der Waals surface area contributed by atoms with Crippen molar-refractivity contribution in [2.45, 2.75) is 18.6 Å². The summed E-state index contributed by atoms with van der Waals surface area (Å²) in [6.45, 7) is -1.43. The number of pyridine rings is 1. The Morgan fingerprint density at radius 1 is 1.16 bits per heavy atom. The molecule has 0 bridgehead atoms. The molecule has 1 aromatic carbocycles. The number of nitrogens with one attached hydrogen (secondary N) is 1. The summed E-state index contributed by atoms with van der Waals surface area (Å²) in [4.78, 5) is 29.2. The highest BCUT2D eigenvalue weighted by molar-refractivity contribution is 5.95. The smallest absolute Gasteiger partial charge is 0.394 e. The number of halogens is 5. The fraction of sp³-hybridized carbons (Fsp3) is 0.200. The van der Waals surface area contributed by atoms with Crippen molar-refractivity contribution in [3.63, 3.8) is 0 Å². The predicted molar refractivity (Wildman–Crippen MR) is 102 cm³/mol. The molecule has 0 aliphatic heterocycles. The maximum atomic E-state index is 12.9. The summed E-state index contributed by atoms with van der Waals surface area (Å²) in [5, 5.41) is 14.6. The SMILES string of the molecule is O=C(N[C@H](CO)C(F)(F)F)c1cc(-c2ccc(C(F)F)cc2)nn(-c2cccnc2)c1=O. The van der Waals surface area contributed by atoms with E-state index in [0.29, 0.717) is 0 Å². The zero-order valence-corrected chi connectivity index (χ0v) is 16.1. The number of benzene rings is 1. The first-order chi connectivity index (χ1) is 15.1. The Bertz CT molecular complexity index is 1150. The van der Waals surface area contributed by atoms with E-state index in [0.717, 1.165) is 22.9 Å². The molecular weight excluding hydrogens is 439 g/mol. The number of alkyl halides is 5. The van der Waals surface area contributed by atoms with E-state index >= 15 is 0 Å². The van der Waals surface area contributed by atoms with Gasteiger partial charge in [0.15, 0.2) is 0 Å². The van der Waals surface area contributed by atoms with Gasteiger partial charge in [0.05, 0.1) is 24.2 Å². The maximum Gasteiger partial charge on any atom is 0.410 e. The summed E-state index contributed by atoms with van der Waals surface area (Å²) in [5.74, 6) is -1.39. The molecule has 3 rings (SSSR count). The van der Waals surface area contributed by atoms with Gasteiger partial charge >= 0.3 is 6.18 Å². The minimum Gasteiger partial charge on any atom is -0.394 e. The van der Waals surface area contributed by atoms with Gasteiger partial charge in [-0.1, -0.05) is 24.3 Å². The van der Waals surface area contributed by atoms with Gasteiger partial charge in [0.25, 0.3) is 17.9 Å². The van der Waals surface area contributed by atoms with E-state index in [1.165, 1.54) is 36.7 Å². The third kappa shape index (κ3) is 4.97. The molecule has 0 unspecified atom stereocenters. The predicted octanol–water partition coefficient (Wildman–Crippen LogP) is 2.89. The van der Waals surface area contributed by atoms with Crippen LogP contribution in [-0.2, 0) is 0 Å². The Hall–Kier alpha value is -3.67. The first-order valence-electron chi connectivity index (χ1n) is 9.03. The molecule has 32 heavy (non-hydrogen) atoms. The van der Waals surface area contributed by atoms with E-state index in [1.807, 2.05) is 0 Å². The van der Waals surface area contributed by atoms with E-state index in [9.17, 15) is 31.5 Å². The van der Waals surface area contributed by atoms with Crippen molar-refractivity contribution in [2.24, 2.45) is 0 Å². The molecule has 2 aromatic heterocycles. The average Bonchev–Trinajstić information content (AvgIpc) is 2.77. The van der Waals surface area contributed by atoms with Crippen LogP contribution in [0.25, 0.3) is 16.9 Å². The molecular formula is C20H15F5N4O3. The van der Waals surface area contributed by atoms with Crippen molar-refractivity contribution in [2.75, 3.05) is 6.61 Å². The Kier molecular flexibility index (Phi) is 6.63. The summed E-state index contributed by atoms with van der Waals surface area (Å²) >= 11 is 0. The van der Waals surface area contributed by atoms with E-state index < -0.39 is 42.3 Å². The van der Waals surface area contributed by atoms with Crippen molar-refractivity contribution in [1.82, 2.24) is 20.1 Å². The molecule has 12 heteroatoms. The number of rotatable bonds is 6. The molecule has 0 aliphatic rings. The number of carbonyl (C=O) groups is 1. The number of carbonyl (C=O) groups excluding carboxylic acids is 1. The summed E-state index contributed by atoms with van der Waals surface area (Å²) in [6.07, 6.45) is -5.02. The molecule has 3 aromatic rings. The van der Waals surface area contributed by atoms with Crippen LogP contribution in [0.5, 0.6) is 0 Å². The molecule has 0 aliphatic carbocycles. The van der Waals surface area contributed by atoms with Gasteiger partial charge in [-0.25, -0.2) is 8.78 Å². The Morgan fingerprint density at radius 3 is 2.38 bits per heavy atom. The van der Waals surface area contributed by atoms with Gasteiger partial charge in [-0.2, -0.15) is 23.0 Å². The van der Waals surface area contributed by atoms with Crippen molar-refractivity contribution in [3.8, 4) is 16.9 Å². The third-order valence-corrected chi connectivity index (χ3v) is 4.39. The maximum absolute atomic E-state index is 12.9. The zero-order chi connectivity index (χ0) is 23.5. The number of amides is 1. The molecule has 2 heterocycles. The largest absolute Gasteiger partial charge is 0.410 e. The first kappa shape index (κ1) is 23.0. The lowest BCUT2D eigenvalue weighted by molar-refractivity contribution is -0.161. The van der Waals surface area contributed by atoms with Crippen LogP contribution in [0.15, 0.2) is 59.7 Å².